The highest BCUT2D eigenvalue weighted by atomic mass is 79.9. The maximum absolute atomic E-state index is 15.5. The summed E-state index contributed by atoms with van der Waals surface area (Å²) in [4.78, 5) is 26.2. The van der Waals surface area contributed by atoms with E-state index in [0.29, 0.717) is 62.2 Å². The molecule has 0 saturated carbocycles. The number of ketones is 1. The summed E-state index contributed by atoms with van der Waals surface area (Å²) in [5.41, 5.74) is 2.36. The number of aliphatic carboxylic acids is 1. The molecule has 0 aliphatic carbocycles. The second-order valence-corrected chi connectivity index (χ2v) is 11.5. The zero-order valence-corrected chi connectivity index (χ0v) is 27.9. The van der Waals surface area contributed by atoms with Crippen LogP contribution in [0.25, 0.3) is 0 Å². The third kappa shape index (κ3) is 8.94. The summed E-state index contributed by atoms with van der Waals surface area (Å²) in [6.07, 6.45) is 2.59. The molecule has 9 nitrogen and oxygen atoms in total. The number of halogens is 2. The number of carbonyl (C=O) groups is 2. The number of ether oxygens (including phenoxy) is 3. The Morgan fingerprint density at radius 1 is 1.07 bits per heavy atom. The first-order chi connectivity index (χ1) is 20.4. The minimum absolute atomic E-state index is 0. The molecule has 2 aromatic carbocycles. The van der Waals surface area contributed by atoms with E-state index in [1.807, 2.05) is 26.8 Å². The van der Waals surface area contributed by atoms with Crippen molar-refractivity contribution in [2.24, 2.45) is 0 Å². The van der Waals surface area contributed by atoms with Gasteiger partial charge in [0.1, 0.15) is 11.6 Å². The number of rotatable bonds is 16. The van der Waals surface area contributed by atoms with Crippen molar-refractivity contribution in [2.75, 3.05) is 26.4 Å². The van der Waals surface area contributed by atoms with Gasteiger partial charge in [-0.15, -0.1) is 17.0 Å². The van der Waals surface area contributed by atoms with Crippen LogP contribution in [0.5, 0.6) is 17.2 Å². The number of fused-ring (bicyclic) bond motifs is 1. The van der Waals surface area contributed by atoms with Gasteiger partial charge in [-0.3, -0.25) is 15.0 Å². The van der Waals surface area contributed by atoms with E-state index in [2.05, 4.69) is 6.07 Å². The van der Waals surface area contributed by atoms with Gasteiger partial charge in [-0.05, 0) is 74.3 Å². The Hall–Kier alpha value is -3.65. The molecule has 2 N–H and O–H groups in total. The van der Waals surface area contributed by atoms with Crippen LogP contribution in [-0.4, -0.2) is 54.0 Å². The quantitative estimate of drug-likeness (QED) is 0.144. The Bertz CT molecular complexity index is 1400. The van der Waals surface area contributed by atoms with E-state index >= 15 is 4.39 Å². The topological polar surface area (TPSA) is 133 Å². The van der Waals surface area contributed by atoms with E-state index in [1.165, 1.54) is 0 Å². The van der Waals surface area contributed by atoms with E-state index in [1.54, 1.807) is 30.9 Å². The van der Waals surface area contributed by atoms with Gasteiger partial charge in [-0.1, -0.05) is 20.8 Å². The van der Waals surface area contributed by atoms with Crippen molar-refractivity contribution < 1.29 is 33.3 Å². The lowest BCUT2D eigenvalue weighted by Crippen LogP contribution is -2.31. The standard InChI is InChI=1S/C33H42FN3O6.BrH/c1-6-41-26-18-23-19-37(32(36)28(23)29(34)31(26)42-7-2)20-25(38)22-16-21(12-8-10-14-35)30(24(17-22)33(3,4)5)43-15-11-9-13-27(39)40;/h16-18,36H,6-13,15,19-20H2,1-5H3,(H,39,40);1H. The molecule has 0 aromatic heterocycles. The predicted octanol–water partition coefficient (Wildman–Crippen LogP) is 7.00. The molecule has 1 heterocycles. The summed E-state index contributed by atoms with van der Waals surface area (Å²) in [6.45, 7) is 10.6. The maximum Gasteiger partial charge on any atom is 0.303 e. The molecule has 1 aliphatic rings. The van der Waals surface area contributed by atoms with Crippen LogP contribution in [0.3, 0.4) is 0 Å². The van der Waals surface area contributed by atoms with E-state index in [0.717, 1.165) is 11.1 Å². The van der Waals surface area contributed by atoms with Gasteiger partial charge in [-0.25, -0.2) is 4.39 Å². The molecule has 0 fully saturated rings. The van der Waals surface area contributed by atoms with Crippen LogP contribution in [0, 0.1) is 22.6 Å². The molecule has 0 amide bonds. The number of carbonyl (C=O) groups excluding carboxylic acids is 1. The SMILES string of the molecule is Br.CCOc1cc2c(c(F)c1OCC)C(=N)N(CC(=O)c1cc(CCCC#N)c(OCCCCC(=O)O)c(C(C)(C)C)c1)C2. The van der Waals surface area contributed by atoms with Crippen LogP contribution < -0.4 is 14.2 Å². The molecule has 1 aliphatic heterocycles. The van der Waals surface area contributed by atoms with Crippen molar-refractivity contribution in [3.8, 4) is 23.3 Å². The number of hydrogen-bond acceptors (Lipinski definition) is 7. The summed E-state index contributed by atoms with van der Waals surface area (Å²) in [6, 6.07) is 7.44. The van der Waals surface area contributed by atoms with E-state index in [4.69, 9.17) is 30.0 Å². The monoisotopic (exact) mass is 675 g/mol. The van der Waals surface area contributed by atoms with Gasteiger partial charge in [-0.2, -0.15) is 5.26 Å². The van der Waals surface area contributed by atoms with Gasteiger partial charge in [0.25, 0.3) is 0 Å². The molecular formula is C33H43BrFN3O6. The third-order valence-corrected chi connectivity index (χ3v) is 7.17. The van der Waals surface area contributed by atoms with Crippen molar-refractivity contribution in [1.82, 2.24) is 4.90 Å². The highest BCUT2D eigenvalue weighted by molar-refractivity contribution is 8.93. The van der Waals surface area contributed by atoms with Crippen molar-refractivity contribution >= 4 is 34.6 Å². The van der Waals surface area contributed by atoms with E-state index in [9.17, 15) is 9.59 Å². The first-order valence-electron chi connectivity index (χ1n) is 14.8. The highest BCUT2D eigenvalue weighted by Gasteiger charge is 2.33. The lowest BCUT2D eigenvalue weighted by Gasteiger charge is -2.26. The molecule has 0 atom stereocenters. The Morgan fingerprint density at radius 2 is 1.77 bits per heavy atom. The summed E-state index contributed by atoms with van der Waals surface area (Å²) in [5.74, 6) is -0.926. The molecule has 44 heavy (non-hydrogen) atoms. The number of carboxylic acid groups (broad SMARTS) is 1. The number of nitrogens with zero attached hydrogens (tertiary/aromatic N) is 2. The number of hydrogen-bond donors (Lipinski definition) is 2. The van der Waals surface area contributed by atoms with Crippen molar-refractivity contribution in [2.45, 2.75) is 85.1 Å². The number of nitriles is 1. The molecule has 240 valence electrons. The Balaban J connectivity index is 0.00000675. The van der Waals surface area contributed by atoms with Crippen molar-refractivity contribution in [3.05, 3.63) is 51.8 Å². The number of aryl methyl sites for hydroxylation is 1. The summed E-state index contributed by atoms with van der Waals surface area (Å²) < 4.78 is 32.8. The molecule has 0 unspecified atom stereocenters. The largest absolute Gasteiger partial charge is 0.493 e. The zero-order chi connectivity index (χ0) is 31.7. The number of Topliss-reactive ketones (excluding diaryl/α,β-unsaturated/α-hetero) is 1. The fraction of sp³-hybridized carbons (Fsp3) is 0.515. The zero-order valence-electron chi connectivity index (χ0n) is 26.2. The van der Waals surface area contributed by atoms with E-state index < -0.39 is 11.8 Å². The Kier molecular flexibility index (Phi) is 13.6. The number of unbranched alkanes of at least 4 members (excludes halogenated alkanes) is 2. The molecule has 2 aromatic rings. The normalized spacial score (nSPS) is 12.3. The van der Waals surface area contributed by atoms with Gasteiger partial charge in [0.2, 0.25) is 0 Å². The van der Waals surface area contributed by atoms with Gasteiger partial charge in [0, 0.05) is 30.5 Å². The van der Waals surface area contributed by atoms with Crippen molar-refractivity contribution in [1.29, 1.82) is 10.7 Å². The lowest BCUT2D eigenvalue weighted by atomic mass is 9.82. The second kappa shape index (κ2) is 16.4. The predicted molar refractivity (Wildman–Crippen MR) is 171 cm³/mol. The minimum atomic E-state index is -0.850. The average molecular weight is 677 g/mol. The van der Waals surface area contributed by atoms with E-state index in [-0.39, 0.29) is 77.2 Å². The molecule has 0 spiro atoms. The summed E-state index contributed by atoms with van der Waals surface area (Å²) in [5, 5.41) is 26.7. The first-order valence-corrected chi connectivity index (χ1v) is 14.8. The van der Waals surface area contributed by atoms with Gasteiger partial charge >= 0.3 is 5.97 Å². The smallest absolute Gasteiger partial charge is 0.303 e. The average Bonchev–Trinajstić information content (AvgIpc) is 3.24. The van der Waals surface area contributed by atoms with Crippen LogP contribution in [0.2, 0.25) is 0 Å². The van der Waals surface area contributed by atoms with Crippen LogP contribution in [-0.2, 0) is 23.2 Å². The highest BCUT2D eigenvalue weighted by Crippen LogP contribution is 2.40. The third-order valence-electron chi connectivity index (χ3n) is 7.17. The molecular weight excluding hydrogens is 633 g/mol. The Morgan fingerprint density at radius 3 is 2.39 bits per heavy atom. The fourth-order valence-corrected chi connectivity index (χ4v) is 5.10. The summed E-state index contributed by atoms with van der Waals surface area (Å²) >= 11 is 0. The van der Waals surface area contributed by atoms with Crippen molar-refractivity contribution in [3.63, 3.8) is 0 Å². The Labute approximate surface area is 269 Å². The fourth-order valence-electron chi connectivity index (χ4n) is 5.10. The minimum Gasteiger partial charge on any atom is -0.493 e. The van der Waals surface area contributed by atoms with Gasteiger partial charge in [0.05, 0.1) is 38.0 Å². The van der Waals surface area contributed by atoms with Crippen LogP contribution >= 0.6 is 17.0 Å². The van der Waals surface area contributed by atoms with Crippen LogP contribution in [0.4, 0.5) is 4.39 Å². The molecule has 11 heteroatoms. The number of nitrogens with one attached hydrogen (secondary N) is 1. The number of benzene rings is 2. The second-order valence-electron chi connectivity index (χ2n) is 11.5. The number of carboxylic acids is 1. The maximum atomic E-state index is 15.5. The molecule has 0 radical (unpaired) electrons. The van der Waals surface area contributed by atoms with Gasteiger partial charge < -0.3 is 24.2 Å². The van der Waals surface area contributed by atoms with Crippen LogP contribution in [0.1, 0.15) is 99.3 Å². The number of amidine groups is 1. The first kappa shape index (κ1) is 36.5. The lowest BCUT2D eigenvalue weighted by molar-refractivity contribution is -0.137. The summed E-state index contributed by atoms with van der Waals surface area (Å²) in [7, 11) is 0. The molecule has 3 rings (SSSR count). The molecule has 0 bridgehead atoms. The van der Waals surface area contributed by atoms with Gasteiger partial charge in [0.15, 0.2) is 23.1 Å². The molecule has 0 saturated heterocycles. The van der Waals surface area contributed by atoms with Crippen LogP contribution in [0.15, 0.2) is 18.2 Å².